The van der Waals surface area contributed by atoms with Crippen LogP contribution in [0.1, 0.15) is 25.7 Å². The molecule has 0 aromatic rings. The molecule has 0 saturated carbocycles. The molecule has 2 unspecified atom stereocenters. The Labute approximate surface area is 104 Å². The molecule has 0 aromatic heterocycles. The lowest BCUT2D eigenvalue weighted by Gasteiger charge is -2.28. The van der Waals surface area contributed by atoms with E-state index in [0.717, 1.165) is 38.9 Å². The van der Waals surface area contributed by atoms with Gasteiger partial charge in [-0.15, -0.1) is 0 Å². The summed E-state index contributed by atoms with van der Waals surface area (Å²) in [6, 6.07) is 0. The van der Waals surface area contributed by atoms with E-state index in [1.54, 1.807) is 0 Å². The molecule has 0 aromatic carbocycles. The van der Waals surface area contributed by atoms with E-state index >= 15 is 0 Å². The maximum atomic E-state index is 11.5. The summed E-state index contributed by atoms with van der Waals surface area (Å²) in [4.78, 5) is 0. The van der Waals surface area contributed by atoms with Gasteiger partial charge in [0, 0.05) is 13.2 Å². The molecule has 2 N–H and O–H groups in total. The SMILES string of the molecule is NCC(CC1CCOCC1)C1CCS(=O)(=O)C1. The van der Waals surface area contributed by atoms with E-state index < -0.39 is 9.84 Å². The molecule has 5 heteroatoms. The van der Waals surface area contributed by atoms with E-state index in [0.29, 0.717) is 35.8 Å². The largest absolute Gasteiger partial charge is 0.381 e. The first-order chi connectivity index (χ1) is 8.11. The molecule has 0 amide bonds. The summed E-state index contributed by atoms with van der Waals surface area (Å²) >= 11 is 0. The quantitative estimate of drug-likeness (QED) is 0.813. The minimum Gasteiger partial charge on any atom is -0.381 e. The van der Waals surface area contributed by atoms with Crippen molar-refractivity contribution in [2.24, 2.45) is 23.5 Å². The maximum Gasteiger partial charge on any atom is 0.150 e. The summed E-state index contributed by atoms with van der Waals surface area (Å²) in [5.41, 5.74) is 5.83. The number of hydrogen-bond donors (Lipinski definition) is 1. The standard InChI is InChI=1S/C12H23NO3S/c13-8-12(7-10-1-4-16-5-2-10)11-3-6-17(14,15)9-11/h10-12H,1-9,13H2. The Morgan fingerprint density at radius 1 is 1.24 bits per heavy atom. The van der Waals surface area contributed by atoms with Crippen molar-refractivity contribution in [3.63, 3.8) is 0 Å². The van der Waals surface area contributed by atoms with Crippen LogP contribution in [0.5, 0.6) is 0 Å². The molecule has 0 radical (unpaired) electrons. The number of nitrogens with two attached hydrogens (primary N) is 1. The summed E-state index contributed by atoms with van der Waals surface area (Å²) in [6.07, 6.45) is 4.11. The van der Waals surface area contributed by atoms with Gasteiger partial charge < -0.3 is 10.5 Å². The summed E-state index contributed by atoms with van der Waals surface area (Å²) in [7, 11) is -2.77. The van der Waals surface area contributed by atoms with Crippen LogP contribution >= 0.6 is 0 Å². The van der Waals surface area contributed by atoms with E-state index in [1.807, 2.05) is 0 Å². The minimum absolute atomic E-state index is 0.299. The fourth-order valence-electron chi connectivity index (χ4n) is 3.09. The van der Waals surface area contributed by atoms with Crippen molar-refractivity contribution in [3.8, 4) is 0 Å². The van der Waals surface area contributed by atoms with Crippen LogP contribution in [0, 0.1) is 17.8 Å². The molecule has 2 fully saturated rings. The zero-order valence-corrected chi connectivity index (χ0v) is 11.1. The fourth-order valence-corrected chi connectivity index (χ4v) is 5.01. The molecular weight excluding hydrogens is 238 g/mol. The summed E-state index contributed by atoms with van der Waals surface area (Å²) in [5.74, 6) is 2.09. The maximum absolute atomic E-state index is 11.5. The average molecular weight is 261 g/mol. The molecule has 2 aliphatic rings. The molecule has 2 heterocycles. The molecule has 2 aliphatic heterocycles. The van der Waals surface area contributed by atoms with Crippen LogP contribution in [0.3, 0.4) is 0 Å². The van der Waals surface area contributed by atoms with Gasteiger partial charge in [-0.2, -0.15) is 0 Å². The normalized spacial score (nSPS) is 31.5. The van der Waals surface area contributed by atoms with Crippen LogP contribution in [-0.4, -0.2) is 39.7 Å². The van der Waals surface area contributed by atoms with Gasteiger partial charge in [0.15, 0.2) is 9.84 Å². The van der Waals surface area contributed by atoms with Gasteiger partial charge >= 0.3 is 0 Å². The molecule has 100 valence electrons. The minimum atomic E-state index is -2.77. The monoisotopic (exact) mass is 261 g/mol. The van der Waals surface area contributed by atoms with Crippen molar-refractivity contribution in [2.45, 2.75) is 25.7 Å². The smallest absolute Gasteiger partial charge is 0.150 e. The van der Waals surface area contributed by atoms with Gasteiger partial charge in [0.05, 0.1) is 11.5 Å². The van der Waals surface area contributed by atoms with E-state index in [2.05, 4.69) is 0 Å². The van der Waals surface area contributed by atoms with Crippen LogP contribution in [0.15, 0.2) is 0 Å². The molecule has 0 bridgehead atoms. The van der Waals surface area contributed by atoms with Crippen molar-refractivity contribution in [2.75, 3.05) is 31.3 Å². The predicted octanol–water partition coefficient (Wildman–Crippen LogP) is 0.813. The van der Waals surface area contributed by atoms with Gasteiger partial charge in [-0.05, 0) is 50.0 Å². The molecule has 0 spiro atoms. The van der Waals surface area contributed by atoms with Gasteiger partial charge in [-0.3, -0.25) is 0 Å². The van der Waals surface area contributed by atoms with Crippen molar-refractivity contribution >= 4 is 9.84 Å². The Hall–Kier alpha value is -0.130. The first-order valence-electron chi connectivity index (χ1n) is 6.59. The van der Waals surface area contributed by atoms with Crippen molar-refractivity contribution < 1.29 is 13.2 Å². The lowest BCUT2D eigenvalue weighted by atomic mass is 9.81. The zero-order chi connectivity index (χ0) is 12.3. The van der Waals surface area contributed by atoms with E-state index in [1.165, 1.54) is 0 Å². The van der Waals surface area contributed by atoms with Crippen LogP contribution in [-0.2, 0) is 14.6 Å². The number of hydrogen-bond acceptors (Lipinski definition) is 4. The topological polar surface area (TPSA) is 69.4 Å². The summed E-state index contributed by atoms with van der Waals surface area (Å²) in [5, 5.41) is 0. The van der Waals surface area contributed by atoms with Crippen LogP contribution in [0.2, 0.25) is 0 Å². The lowest BCUT2D eigenvalue weighted by molar-refractivity contribution is 0.0559. The Kier molecular flexibility index (Phi) is 4.44. The lowest BCUT2D eigenvalue weighted by Crippen LogP contribution is -2.28. The summed E-state index contributed by atoms with van der Waals surface area (Å²) < 4.78 is 28.3. The second kappa shape index (κ2) is 5.67. The summed E-state index contributed by atoms with van der Waals surface area (Å²) in [6.45, 7) is 2.33. The van der Waals surface area contributed by atoms with Gasteiger partial charge in [0.1, 0.15) is 0 Å². The van der Waals surface area contributed by atoms with Gasteiger partial charge in [0.2, 0.25) is 0 Å². The average Bonchev–Trinajstić information content (AvgIpc) is 2.68. The zero-order valence-electron chi connectivity index (χ0n) is 10.3. The number of ether oxygens (including phenoxy) is 1. The Bertz CT molecular complexity index is 336. The third-order valence-electron chi connectivity index (χ3n) is 4.21. The number of rotatable bonds is 4. The third-order valence-corrected chi connectivity index (χ3v) is 6.01. The Balaban J connectivity index is 1.88. The third kappa shape index (κ3) is 3.66. The molecule has 2 saturated heterocycles. The molecule has 0 aliphatic carbocycles. The van der Waals surface area contributed by atoms with Gasteiger partial charge in [0.25, 0.3) is 0 Å². The highest BCUT2D eigenvalue weighted by atomic mass is 32.2. The van der Waals surface area contributed by atoms with E-state index in [-0.39, 0.29) is 0 Å². The number of sulfone groups is 1. The van der Waals surface area contributed by atoms with E-state index in [4.69, 9.17) is 10.5 Å². The Morgan fingerprint density at radius 3 is 2.47 bits per heavy atom. The Morgan fingerprint density at radius 2 is 1.94 bits per heavy atom. The predicted molar refractivity (Wildman–Crippen MR) is 67.5 cm³/mol. The van der Waals surface area contributed by atoms with Crippen LogP contribution in [0.25, 0.3) is 0 Å². The molecular formula is C12H23NO3S. The molecule has 17 heavy (non-hydrogen) atoms. The molecule has 4 nitrogen and oxygen atoms in total. The van der Waals surface area contributed by atoms with Crippen LogP contribution < -0.4 is 5.73 Å². The van der Waals surface area contributed by atoms with Crippen molar-refractivity contribution in [1.82, 2.24) is 0 Å². The second-order valence-corrected chi connectivity index (χ2v) is 7.68. The van der Waals surface area contributed by atoms with Gasteiger partial charge in [-0.1, -0.05) is 0 Å². The van der Waals surface area contributed by atoms with Crippen LogP contribution in [0.4, 0.5) is 0 Å². The first kappa shape index (κ1) is 13.3. The molecule has 2 rings (SSSR count). The fraction of sp³-hybridized carbons (Fsp3) is 1.00. The highest BCUT2D eigenvalue weighted by molar-refractivity contribution is 7.91. The highest BCUT2D eigenvalue weighted by Crippen LogP contribution is 2.32. The second-order valence-electron chi connectivity index (χ2n) is 5.45. The van der Waals surface area contributed by atoms with E-state index in [9.17, 15) is 8.42 Å². The van der Waals surface area contributed by atoms with Crippen molar-refractivity contribution in [1.29, 1.82) is 0 Å². The van der Waals surface area contributed by atoms with Crippen molar-refractivity contribution in [3.05, 3.63) is 0 Å². The van der Waals surface area contributed by atoms with Gasteiger partial charge in [-0.25, -0.2) is 8.42 Å². The molecule has 2 atom stereocenters. The first-order valence-corrected chi connectivity index (χ1v) is 8.41. The highest BCUT2D eigenvalue weighted by Gasteiger charge is 2.34.